The summed E-state index contributed by atoms with van der Waals surface area (Å²) in [6, 6.07) is 14.1. The molecule has 0 amide bonds. The minimum Gasteiger partial charge on any atom is -0.497 e. The van der Waals surface area contributed by atoms with Crippen LogP contribution in [0.2, 0.25) is 0 Å². The molecule has 2 aromatic carbocycles. The quantitative estimate of drug-likeness (QED) is 0.731. The molecule has 0 aliphatic carbocycles. The van der Waals surface area contributed by atoms with Crippen LogP contribution in [0.3, 0.4) is 0 Å². The average molecular weight is 302 g/mol. The van der Waals surface area contributed by atoms with Crippen LogP contribution in [0.1, 0.15) is 5.56 Å². The summed E-state index contributed by atoms with van der Waals surface area (Å²) in [7, 11) is 4.85. The number of aryl methyl sites for hydroxylation is 1. The van der Waals surface area contributed by atoms with E-state index in [9.17, 15) is 0 Å². The van der Waals surface area contributed by atoms with Gasteiger partial charge >= 0.3 is 0 Å². The molecule has 0 aromatic heterocycles. The van der Waals surface area contributed by atoms with E-state index >= 15 is 0 Å². The van der Waals surface area contributed by atoms with Gasteiger partial charge in [-0.2, -0.15) is 0 Å². The molecule has 0 aliphatic rings. The van der Waals surface area contributed by atoms with E-state index in [1.165, 1.54) is 0 Å². The Kier molecular flexibility index (Phi) is 5.81. The van der Waals surface area contributed by atoms with Gasteiger partial charge in [0.15, 0.2) is 6.29 Å². The smallest absolute Gasteiger partial charge is 0.191 e. The van der Waals surface area contributed by atoms with Crippen LogP contribution in [0.15, 0.2) is 42.5 Å². The third-order valence-electron chi connectivity index (χ3n) is 3.51. The summed E-state index contributed by atoms with van der Waals surface area (Å²) in [5, 5.41) is 0. The maximum atomic E-state index is 5.81. The second-order valence-electron chi connectivity index (χ2n) is 4.92. The molecule has 0 saturated heterocycles. The summed E-state index contributed by atoms with van der Waals surface area (Å²) in [4.78, 5) is 0. The zero-order valence-corrected chi connectivity index (χ0v) is 13.5. The first-order valence-electron chi connectivity index (χ1n) is 7.11. The summed E-state index contributed by atoms with van der Waals surface area (Å²) >= 11 is 0. The van der Waals surface area contributed by atoms with Crippen LogP contribution in [0.25, 0.3) is 11.1 Å². The Labute approximate surface area is 131 Å². The number of benzene rings is 2. The van der Waals surface area contributed by atoms with E-state index < -0.39 is 0 Å². The van der Waals surface area contributed by atoms with Crippen LogP contribution in [-0.2, 0) is 9.47 Å². The van der Waals surface area contributed by atoms with E-state index in [0.29, 0.717) is 6.61 Å². The molecule has 0 spiro atoms. The summed E-state index contributed by atoms with van der Waals surface area (Å²) in [6.07, 6.45) is -0.371. The van der Waals surface area contributed by atoms with Crippen molar-refractivity contribution in [2.45, 2.75) is 13.2 Å². The van der Waals surface area contributed by atoms with Crippen LogP contribution < -0.4 is 9.47 Å². The number of hydrogen-bond donors (Lipinski definition) is 0. The lowest BCUT2D eigenvalue weighted by Crippen LogP contribution is -2.22. The molecule has 118 valence electrons. The van der Waals surface area contributed by atoms with Gasteiger partial charge in [-0.05, 0) is 41.8 Å². The summed E-state index contributed by atoms with van der Waals surface area (Å²) in [5.74, 6) is 1.67. The van der Waals surface area contributed by atoms with Crippen molar-refractivity contribution in [3.05, 3.63) is 48.0 Å². The fourth-order valence-corrected chi connectivity index (χ4v) is 2.11. The second-order valence-corrected chi connectivity index (χ2v) is 4.92. The molecule has 4 heteroatoms. The Bertz CT molecular complexity index is 589. The highest BCUT2D eigenvalue weighted by molar-refractivity contribution is 5.66. The van der Waals surface area contributed by atoms with Gasteiger partial charge in [-0.15, -0.1) is 0 Å². The fraction of sp³-hybridized carbons (Fsp3) is 0.333. The minimum absolute atomic E-state index is 0.347. The molecular weight excluding hydrogens is 280 g/mol. The van der Waals surface area contributed by atoms with Gasteiger partial charge in [0.05, 0.1) is 7.11 Å². The lowest BCUT2D eigenvalue weighted by molar-refractivity contribution is -0.122. The minimum atomic E-state index is -0.371. The van der Waals surface area contributed by atoms with E-state index in [-0.39, 0.29) is 6.29 Å². The van der Waals surface area contributed by atoms with Gasteiger partial charge in [0, 0.05) is 14.2 Å². The van der Waals surface area contributed by atoms with Crippen molar-refractivity contribution in [2.75, 3.05) is 27.9 Å². The van der Waals surface area contributed by atoms with Crippen molar-refractivity contribution in [1.29, 1.82) is 0 Å². The molecule has 0 radical (unpaired) electrons. The van der Waals surface area contributed by atoms with Gasteiger partial charge in [0.1, 0.15) is 18.1 Å². The summed E-state index contributed by atoms with van der Waals surface area (Å²) in [5.41, 5.74) is 3.28. The second kappa shape index (κ2) is 7.82. The van der Waals surface area contributed by atoms with Crippen molar-refractivity contribution in [3.8, 4) is 22.6 Å². The molecule has 0 heterocycles. The Hall–Kier alpha value is -2.04. The average Bonchev–Trinajstić information content (AvgIpc) is 2.57. The molecule has 0 atom stereocenters. The molecule has 0 aliphatic heterocycles. The molecule has 4 nitrogen and oxygen atoms in total. The van der Waals surface area contributed by atoms with Crippen LogP contribution in [0.5, 0.6) is 11.5 Å². The van der Waals surface area contributed by atoms with Crippen molar-refractivity contribution >= 4 is 0 Å². The molecular formula is C18H22O4. The first kappa shape index (κ1) is 16.3. The predicted molar refractivity (Wildman–Crippen MR) is 86.5 cm³/mol. The molecule has 0 N–H and O–H groups in total. The standard InChI is InChI=1S/C18H22O4/c1-13-5-6-15(14-7-9-16(19-2)10-8-14)11-17(13)22-12-18(20-3)21-4/h5-11,18H,12H2,1-4H3. The first-order chi connectivity index (χ1) is 10.7. The Balaban J connectivity index is 2.18. The maximum absolute atomic E-state index is 5.81. The topological polar surface area (TPSA) is 36.9 Å². The van der Waals surface area contributed by atoms with E-state index in [2.05, 4.69) is 6.07 Å². The number of ether oxygens (including phenoxy) is 4. The van der Waals surface area contributed by atoms with E-state index in [0.717, 1.165) is 28.2 Å². The molecule has 0 unspecified atom stereocenters. The lowest BCUT2D eigenvalue weighted by Gasteiger charge is -2.16. The number of hydrogen-bond acceptors (Lipinski definition) is 4. The fourth-order valence-electron chi connectivity index (χ4n) is 2.11. The summed E-state index contributed by atoms with van der Waals surface area (Å²) < 4.78 is 21.3. The zero-order chi connectivity index (χ0) is 15.9. The molecule has 2 aromatic rings. The van der Waals surface area contributed by atoms with Gasteiger partial charge in [-0.25, -0.2) is 0 Å². The van der Waals surface area contributed by atoms with Crippen LogP contribution in [0.4, 0.5) is 0 Å². The van der Waals surface area contributed by atoms with E-state index in [1.807, 2.05) is 43.3 Å². The normalized spacial score (nSPS) is 10.8. The highest BCUT2D eigenvalue weighted by Crippen LogP contribution is 2.28. The van der Waals surface area contributed by atoms with Crippen LogP contribution in [0, 0.1) is 6.92 Å². The predicted octanol–water partition coefficient (Wildman–Crippen LogP) is 3.67. The van der Waals surface area contributed by atoms with Crippen LogP contribution >= 0.6 is 0 Å². The zero-order valence-electron chi connectivity index (χ0n) is 13.5. The maximum Gasteiger partial charge on any atom is 0.191 e. The number of methoxy groups -OCH3 is 3. The van der Waals surface area contributed by atoms with E-state index in [1.54, 1.807) is 21.3 Å². The Morgan fingerprint density at radius 3 is 2.09 bits per heavy atom. The third-order valence-corrected chi connectivity index (χ3v) is 3.51. The lowest BCUT2D eigenvalue weighted by atomic mass is 10.0. The largest absolute Gasteiger partial charge is 0.497 e. The van der Waals surface area contributed by atoms with Crippen molar-refractivity contribution in [1.82, 2.24) is 0 Å². The van der Waals surface area contributed by atoms with Crippen LogP contribution in [-0.4, -0.2) is 34.2 Å². The van der Waals surface area contributed by atoms with Gasteiger partial charge in [0.2, 0.25) is 0 Å². The molecule has 0 saturated carbocycles. The van der Waals surface area contributed by atoms with Crippen molar-refractivity contribution < 1.29 is 18.9 Å². The highest BCUT2D eigenvalue weighted by atomic mass is 16.7. The third kappa shape index (κ3) is 4.00. The number of rotatable bonds is 7. The summed E-state index contributed by atoms with van der Waals surface area (Å²) in [6.45, 7) is 2.36. The Morgan fingerprint density at radius 1 is 0.864 bits per heavy atom. The molecule has 0 bridgehead atoms. The van der Waals surface area contributed by atoms with Crippen molar-refractivity contribution in [2.24, 2.45) is 0 Å². The van der Waals surface area contributed by atoms with Gasteiger partial charge in [-0.3, -0.25) is 0 Å². The van der Waals surface area contributed by atoms with Crippen molar-refractivity contribution in [3.63, 3.8) is 0 Å². The monoisotopic (exact) mass is 302 g/mol. The van der Waals surface area contributed by atoms with Gasteiger partial charge in [-0.1, -0.05) is 24.3 Å². The first-order valence-corrected chi connectivity index (χ1v) is 7.11. The SMILES string of the molecule is COc1ccc(-c2ccc(C)c(OCC(OC)OC)c2)cc1. The van der Waals surface area contributed by atoms with Gasteiger partial charge < -0.3 is 18.9 Å². The molecule has 0 fully saturated rings. The molecule has 2 rings (SSSR count). The van der Waals surface area contributed by atoms with Gasteiger partial charge in [0.25, 0.3) is 0 Å². The molecule has 22 heavy (non-hydrogen) atoms. The highest BCUT2D eigenvalue weighted by Gasteiger charge is 2.09. The van der Waals surface area contributed by atoms with E-state index in [4.69, 9.17) is 18.9 Å². The Morgan fingerprint density at radius 2 is 1.50 bits per heavy atom.